The van der Waals surface area contributed by atoms with E-state index >= 15 is 0 Å². The molecular formula is C12H11BrO2S. The molecule has 2 rings (SSSR count). The summed E-state index contributed by atoms with van der Waals surface area (Å²) in [5.41, 5.74) is 1.19. The van der Waals surface area contributed by atoms with Crippen molar-refractivity contribution in [2.45, 2.75) is 12.8 Å². The lowest BCUT2D eigenvalue weighted by Gasteiger charge is -2.03. The van der Waals surface area contributed by atoms with Gasteiger partial charge in [0.05, 0.1) is 7.11 Å². The maximum Gasteiger partial charge on any atom is 0.349 e. The fourth-order valence-electron chi connectivity index (χ4n) is 1.54. The molecular weight excluding hydrogens is 288 g/mol. The van der Waals surface area contributed by atoms with Crippen LogP contribution in [0.25, 0.3) is 5.57 Å². The Morgan fingerprint density at radius 1 is 1.50 bits per heavy atom. The van der Waals surface area contributed by atoms with Crippen LogP contribution in [-0.2, 0) is 4.74 Å². The van der Waals surface area contributed by atoms with Crippen molar-refractivity contribution in [3.05, 3.63) is 38.5 Å². The summed E-state index contributed by atoms with van der Waals surface area (Å²) >= 11 is 4.84. The highest BCUT2D eigenvalue weighted by molar-refractivity contribution is 9.10. The van der Waals surface area contributed by atoms with Gasteiger partial charge in [-0.25, -0.2) is 4.79 Å². The van der Waals surface area contributed by atoms with E-state index in [2.05, 4.69) is 34.2 Å². The topological polar surface area (TPSA) is 26.3 Å². The van der Waals surface area contributed by atoms with Crippen molar-refractivity contribution in [1.82, 2.24) is 0 Å². The van der Waals surface area contributed by atoms with Gasteiger partial charge in [-0.1, -0.05) is 18.2 Å². The summed E-state index contributed by atoms with van der Waals surface area (Å²) in [6.07, 6.45) is 8.61. The van der Waals surface area contributed by atoms with E-state index in [0.29, 0.717) is 4.88 Å². The zero-order chi connectivity index (χ0) is 11.5. The van der Waals surface area contributed by atoms with Gasteiger partial charge in [-0.15, -0.1) is 11.3 Å². The molecule has 0 bridgehead atoms. The second-order valence-corrected chi connectivity index (χ2v) is 5.33. The van der Waals surface area contributed by atoms with E-state index in [-0.39, 0.29) is 5.97 Å². The van der Waals surface area contributed by atoms with E-state index in [1.807, 2.05) is 6.07 Å². The molecule has 0 atom stereocenters. The van der Waals surface area contributed by atoms with Gasteiger partial charge in [0.25, 0.3) is 0 Å². The van der Waals surface area contributed by atoms with Gasteiger partial charge in [0, 0.05) is 9.35 Å². The van der Waals surface area contributed by atoms with Crippen molar-refractivity contribution in [2.75, 3.05) is 7.11 Å². The summed E-state index contributed by atoms with van der Waals surface area (Å²) in [6, 6.07) is 1.97. The first-order valence-corrected chi connectivity index (χ1v) is 6.58. The Kier molecular flexibility index (Phi) is 3.61. The molecule has 1 aromatic rings. The van der Waals surface area contributed by atoms with Gasteiger partial charge in [0.1, 0.15) is 4.88 Å². The normalized spacial score (nSPS) is 14.8. The lowest BCUT2D eigenvalue weighted by Crippen LogP contribution is -1.97. The van der Waals surface area contributed by atoms with Gasteiger partial charge in [-0.3, -0.25) is 0 Å². The lowest BCUT2D eigenvalue weighted by molar-refractivity contribution is 0.0605. The minimum Gasteiger partial charge on any atom is -0.465 e. The molecule has 0 spiro atoms. The summed E-state index contributed by atoms with van der Waals surface area (Å²) in [7, 11) is 1.40. The first kappa shape index (κ1) is 11.6. The van der Waals surface area contributed by atoms with Gasteiger partial charge in [-0.2, -0.15) is 0 Å². The van der Waals surface area contributed by atoms with E-state index in [1.165, 1.54) is 24.0 Å². The second kappa shape index (κ2) is 4.97. The zero-order valence-electron chi connectivity index (χ0n) is 8.83. The number of carbonyl (C=O) groups excluding carboxylic acids is 1. The van der Waals surface area contributed by atoms with Crippen LogP contribution in [0.3, 0.4) is 0 Å². The molecule has 0 saturated heterocycles. The van der Waals surface area contributed by atoms with Gasteiger partial charge < -0.3 is 4.74 Å². The number of hydrogen-bond donors (Lipinski definition) is 0. The van der Waals surface area contributed by atoms with Crippen LogP contribution in [0, 0.1) is 0 Å². The summed E-state index contributed by atoms with van der Waals surface area (Å²) in [5, 5.41) is 0. The Hall–Kier alpha value is -0.870. The lowest BCUT2D eigenvalue weighted by atomic mass is 10.1. The molecule has 1 aliphatic carbocycles. The molecule has 1 aromatic heterocycles. The maximum atomic E-state index is 11.5. The Bertz CT molecular complexity index is 471. The van der Waals surface area contributed by atoms with E-state index in [0.717, 1.165) is 22.2 Å². The van der Waals surface area contributed by atoms with Gasteiger partial charge in [0.15, 0.2) is 0 Å². The fraction of sp³-hybridized carbons (Fsp3) is 0.250. The number of esters is 1. The monoisotopic (exact) mass is 298 g/mol. The van der Waals surface area contributed by atoms with Crippen molar-refractivity contribution in [3.63, 3.8) is 0 Å². The Balaban J connectivity index is 2.34. The van der Waals surface area contributed by atoms with Crippen LogP contribution >= 0.6 is 27.3 Å². The third-order valence-electron chi connectivity index (χ3n) is 2.34. The molecule has 0 aliphatic heterocycles. The van der Waals surface area contributed by atoms with Gasteiger partial charge >= 0.3 is 5.97 Å². The predicted molar refractivity (Wildman–Crippen MR) is 69.7 cm³/mol. The quantitative estimate of drug-likeness (QED) is 0.771. The summed E-state index contributed by atoms with van der Waals surface area (Å²) in [5.74, 6) is -0.288. The van der Waals surface area contributed by atoms with Crippen molar-refractivity contribution >= 4 is 38.8 Å². The minimum atomic E-state index is -0.288. The number of carbonyl (C=O) groups is 1. The van der Waals surface area contributed by atoms with Crippen LogP contribution in [-0.4, -0.2) is 13.1 Å². The van der Waals surface area contributed by atoms with E-state index in [9.17, 15) is 4.79 Å². The third kappa shape index (κ3) is 2.28. The molecule has 0 fully saturated rings. The molecule has 0 N–H and O–H groups in total. The van der Waals surface area contributed by atoms with Crippen molar-refractivity contribution in [3.8, 4) is 0 Å². The number of halogens is 1. The van der Waals surface area contributed by atoms with Crippen LogP contribution < -0.4 is 0 Å². The van der Waals surface area contributed by atoms with Crippen LogP contribution in [0.15, 0.2) is 28.8 Å². The molecule has 1 heterocycles. The highest BCUT2D eigenvalue weighted by atomic mass is 79.9. The van der Waals surface area contributed by atoms with Crippen molar-refractivity contribution in [2.24, 2.45) is 0 Å². The maximum absolute atomic E-state index is 11.5. The average molecular weight is 299 g/mol. The minimum absolute atomic E-state index is 0.288. The van der Waals surface area contributed by atoms with Gasteiger partial charge in [0.2, 0.25) is 0 Å². The standard InChI is InChI=1S/C12H11BrO2S/c1-15-12(14)11-9(13)7-10(16-11)8-5-3-2-4-6-8/h3,5-7H,2,4H2,1H3. The second-order valence-electron chi connectivity index (χ2n) is 3.42. The SMILES string of the molecule is COC(=O)c1sc(C2=CCCC=C2)cc1Br. The van der Waals surface area contributed by atoms with Gasteiger partial charge in [-0.05, 0) is 40.4 Å². The number of allylic oxidation sites excluding steroid dienone is 4. The predicted octanol–water partition coefficient (Wildman–Crippen LogP) is 4.03. The van der Waals surface area contributed by atoms with Crippen LogP contribution in [0.4, 0.5) is 0 Å². The fourth-order valence-corrected chi connectivity index (χ4v) is 3.31. The van der Waals surface area contributed by atoms with Crippen LogP contribution in [0.2, 0.25) is 0 Å². The number of thiophene rings is 1. The molecule has 0 unspecified atom stereocenters. The summed E-state index contributed by atoms with van der Waals surface area (Å²) < 4.78 is 5.53. The van der Waals surface area contributed by atoms with Crippen LogP contribution in [0.5, 0.6) is 0 Å². The first-order chi connectivity index (χ1) is 7.72. The summed E-state index contributed by atoms with van der Waals surface area (Å²) in [4.78, 5) is 13.2. The molecule has 84 valence electrons. The Morgan fingerprint density at radius 2 is 2.31 bits per heavy atom. The molecule has 0 aromatic carbocycles. The highest BCUT2D eigenvalue weighted by Crippen LogP contribution is 2.34. The average Bonchev–Trinajstić information content (AvgIpc) is 2.71. The molecule has 4 heteroatoms. The molecule has 0 amide bonds. The van der Waals surface area contributed by atoms with Crippen molar-refractivity contribution in [1.29, 1.82) is 0 Å². The number of rotatable bonds is 2. The zero-order valence-corrected chi connectivity index (χ0v) is 11.2. The Labute approximate surface area is 107 Å². The molecule has 2 nitrogen and oxygen atoms in total. The third-order valence-corrected chi connectivity index (χ3v) is 4.39. The van der Waals surface area contributed by atoms with E-state index < -0.39 is 0 Å². The molecule has 16 heavy (non-hydrogen) atoms. The molecule has 0 saturated carbocycles. The Morgan fingerprint density at radius 3 is 2.94 bits per heavy atom. The summed E-state index contributed by atoms with van der Waals surface area (Å²) in [6.45, 7) is 0. The van der Waals surface area contributed by atoms with E-state index in [4.69, 9.17) is 4.74 Å². The van der Waals surface area contributed by atoms with Crippen LogP contribution in [0.1, 0.15) is 27.4 Å². The highest BCUT2D eigenvalue weighted by Gasteiger charge is 2.16. The van der Waals surface area contributed by atoms with Crippen molar-refractivity contribution < 1.29 is 9.53 Å². The number of ether oxygens (including phenoxy) is 1. The first-order valence-electron chi connectivity index (χ1n) is 4.97. The molecule has 1 aliphatic rings. The molecule has 0 radical (unpaired) electrons. The number of hydrogen-bond acceptors (Lipinski definition) is 3. The van der Waals surface area contributed by atoms with E-state index in [1.54, 1.807) is 0 Å². The largest absolute Gasteiger partial charge is 0.465 e. The number of methoxy groups -OCH3 is 1. The smallest absolute Gasteiger partial charge is 0.349 e.